The summed E-state index contributed by atoms with van der Waals surface area (Å²) >= 11 is 3.23. The van der Waals surface area contributed by atoms with Crippen LogP contribution in [0.2, 0.25) is 0 Å². The molecule has 0 fully saturated rings. The zero-order valence-corrected chi connectivity index (χ0v) is 16.0. The third-order valence-electron chi connectivity index (χ3n) is 3.41. The Morgan fingerprint density at radius 3 is 2.62 bits per heavy atom. The van der Waals surface area contributed by atoms with Crippen molar-refractivity contribution in [2.45, 2.75) is 0 Å². The summed E-state index contributed by atoms with van der Waals surface area (Å²) in [5.41, 5.74) is 3.35. The molecule has 1 amide bonds. The average Bonchev–Trinajstić information content (AvgIpc) is 3.20. The number of hydrogen-bond acceptors (Lipinski definition) is 8. The monoisotopic (exact) mass is 458 g/mol. The summed E-state index contributed by atoms with van der Waals surface area (Å²) in [7, 11) is 0. The first-order valence-corrected chi connectivity index (χ1v) is 8.72. The number of amides is 1. The lowest BCUT2D eigenvalue weighted by atomic mass is 10.2. The number of hydrogen-bond donors (Lipinski definition) is 1. The maximum Gasteiger partial charge on any atom is 0.433 e. The number of rotatable bonds is 6. The molecule has 0 bridgehead atoms. The molecule has 0 saturated heterocycles. The van der Waals surface area contributed by atoms with Crippen LogP contribution >= 0.6 is 15.9 Å². The van der Waals surface area contributed by atoms with E-state index in [1.807, 2.05) is 0 Å². The van der Waals surface area contributed by atoms with Crippen LogP contribution in [0.15, 0.2) is 68.8 Å². The molecule has 29 heavy (non-hydrogen) atoms. The smallest absolute Gasteiger partial charge is 0.421 e. The van der Waals surface area contributed by atoms with Crippen LogP contribution in [-0.4, -0.2) is 28.0 Å². The fourth-order valence-electron chi connectivity index (χ4n) is 2.08. The lowest BCUT2D eigenvalue weighted by molar-refractivity contribution is -0.402. The molecule has 2 aromatic heterocycles. The molecule has 0 radical (unpaired) electrons. The van der Waals surface area contributed by atoms with Crippen molar-refractivity contribution >= 4 is 39.9 Å². The normalized spacial score (nSPS) is 10.7. The summed E-state index contributed by atoms with van der Waals surface area (Å²) in [6.07, 6.45) is 4.37. The zero-order chi connectivity index (χ0) is 20.8. The lowest BCUT2D eigenvalue weighted by Crippen LogP contribution is -2.17. The molecule has 0 saturated carbocycles. The predicted octanol–water partition coefficient (Wildman–Crippen LogP) is 3.33. The van der Waals surface area contributed by atoms with Crippen LogP contribution in [0.1, 0.15) is 26.5 Å². The topological polar surface area (TPSA) is 137 Å². The van der Waals surface area contributed by atoms with Crippen molar-refractivity contribution in [3.63, 3.8) is 0 Å². The highest BCUT2D eigenvalue weighted by Gasteiger charge is 2.19. The molecule has 1 aromatic carbocycles. The van der Waals surface area contributed by atoms with Gasteiger partial charge in [0.05, 0.1) is 17.8 Å². The second-order valence-electron chi connectivity index (χ2n) is 5.44. The summed E-state index contributed by atoms with van der Waals surface area (Å²) in [6, 6.07) is 10.0. The fourth-order valence-corrected chi connectivity index (χ4v) is 2.45. The van der Waals surface area contributed by atoms with Gasteiger partial charge in [-0.25, -0.2) is 10.2 Å². The van der Waals surface area contributed by atoms with Crippen molar-refractivity contribution in [1.29, 1.82) is 0 Å². The highest BCUT2D eigenvalue weighted by Crippen LogP contribution is 2.18. The van der Waals surface area contributed by atoms with E-state index in [0.717, 1.165) is 12.1 Å². The van der Waals surface area contributed by atoms with Crippen molar-refractivity contribution in [3.8, 4) is 5.75 Å². The summed E-state index contributed by atoms with van der Waals surface area (Å²) in [4.78, 5) is 37.6. The average molecular weight is 459 g/mol. The summed E-state index contributed by atoms with van der Waals surface area (Å²) in [6.45, 7) is 0. The molecule has 3 aromatic rings. The van der Waals surface area contributed by atoms with E-state index in [2.05, 4.69) is 31.4 Å². The molecule has 146 valence electrons. The minimum absolute atomic E-state index is 0.204. The molecule has 2 heterocycles. The van der Waals surface area contributed by atoms with Crippen LogP contribution in [0, 0.1) is 10.1 Å². The molecule has 0 aliphatic heterocycles. The maximum atomic E-state index is 11.9. The second kappa shape index (κ2) is 8.89. The van der Waals surface area contributed by atoms with E-state index in [0.29, 0.717) is 15.6 Å². The van der Waals surface area contributed by atoms with E-state index in [9.17, 15) is 19.7 Å². The van der Waals surface area contributed by atoms with Gasteiger partial charge in [-0.15, -0.1) is 0 Å². The van der Waals surface area contributed by atoms with Gasteiger partial charge in [-0.05, 0) is 57.9 Å². The number of hydrazone groups is 1. The Morgan fingerprint density at radius 2 is 1.97 bits per heavy atom. The van der Waals surface area contributed by atoms with Gasteiger partial charge >= 0.3 is 11.9 Å². The van der Waals surface area contributed by atoms with Crippen molar-refractivity contribution < 1.29 is 23.7 Å². The minimum Gasteiger partial charge on any atom is -0.421 e. The van der Waals surface area contributed by atoms with Crippen LogP contribution < -0.4 is 10.2 Å². The van der Waals surface area contributed by atoms with Gasteiger partial charge < -0.3 is 9.15 Å². The first-order chi connectivity index (χ1) is 13.9. The van der Waals surface area contributed by atoms with Crippen LogP contribution in [0.5, 0.6) is 5.75 Å². The highest BCUT2D eigenvalue weighted by molar-refractivity contribution is 9.10. The Hall–Kier alpha value is -3.86. The molecular weight excluding hydrogens is 448 g/mol. The Morgan fingerprint density at radius 1 is 1.21 bits per heavy atom. The number of halogens is 1. The van der Waals surface area contributed by atoms with Gasteiger partial charge in [0, 0.05) is 16.9 Å². The van der Waals surface area contributed by atoms with Gasteiger partial charge in [-0.2, -0.15) is 5.10 Å². The van der Waals surface area contributed by atoms with E-state index >= 15 is 0 Å². The van der Waals surface area contributed by atoms with Crippen molar-refractivity contribution in [1.82, 2.24) is 10.4 Å². The molecule has 0 aliphatic carbocycles. The molecule has 3 rings (SSSR count). The van der Waals surface area contributed by atoms with Crippen LogP contribution in [0.4, 0.5) is 5.88 Å². The Labute approximate surface area is 171 Å². The van der Waals surface area contributed by atoms with Gasteiger partial charge in [-0.3, -0.25) is 19.9 Å². The van der Waals surface area contributed by atoms with Crippen LogP contribution in [-0.2, 0) is 0 Å². The third kappa shape index (κ3) is 5.32. The van der Waals surface area contributed by atoms with Gasteiger partial charge in [0.1, 0.15) is 10.7 Å². The largest absolute Gasteiger partial charge is 0.433 e. The SMILES string of the molecule is O=C(N/N=C/c1ccc(OC(=O)c2ccc([N+](=O)[O-])o2)cc1)c1cncc(Br)c1. The number of furan rings is 1. The Bertz CT molecular complexity index is 1090. The van der Waals surface area contributed by atoms with Gasteiger partial charge in [-0.1, -0.05) is 0 Å². The number of nitrogens with one attached hydrogen (secondary N) is 1. The number of benzene rings is 1. The molecule has 0 spiro atoms. The summed E-state index contributed by atoms with van der Waals surface area (Å²) in [5, 5.41) is 14.4. The summed E-state index contributed by atoms with van der Waals surface area (Å²) in [5.74, 6) is -1.92. The number of nitrogens with zero attached hydrogens (tertiary/aromatic N) is 3. The highest BCUT2D eigenvalue weighted by atomic mass is 79.9. The van der Waals surface area contributed by atoms with E-state index in [4.69, 9.17) is 9.15 Å². The maximum absolute atomic E-state index is 11.9. The van der Waals surface area contributed by atoms with Crippen molar-refractivity contribution in [3.05, 3.63) is 86.3 Å². The molecule has 0 aliphatic rings. The zero-order valence-electron chi connectivity index (χ0n) is 14.4. The number of nitro groups is 1. The molecular formula is C18H11BrN4O6. The lowest BCUT2D eigenvalue weighted by Gasteiger charge is -2.02. The van der Waals surface area contributed by atoms with E-state index in [1.54, 1.807) is 24.4 Å². The van der Waals surface area contributed by atoms with Crippen LogP contribution in [0.25, 0.3) is 0 Å². The molecule has 10 nitrogen and oxygen atoms in total. The Balaban J connectivity index is 1.56. The van der Waals surface area contributed by atoms with Gasteiger partial charge in [0.2, 0.25) is 5.76 Å². The summed E-state index contributed by atoms with van der Waals surface area (Å²) < 4.78 is 10.5. The first-order valence-electron chi connectivity index (χ1n) is 7.93. The van der Waals surface area contributed by atoms with E-state index in [-0.39, 0.29) is 11.5 Å². The molecule has 0 unspecified atom stereocenters. The number of aromatic nitrogens is 1. The third-order valence-corrected chi connectivity index (χ3v) is 3.84. The fraction of sp³-hybridized carbons (Fsp3) is 0. The number of ether oxygens (including phenoxy) is 1. The number of carbonyl (C=O) groups is 2. The molecule has 0 atom stereocenters. The van der Waals surface area contributed by atoms with Gasteiger partial charge in [0.25, 0.3) is 5.91 Å². The molecule has 11 heteroatoms. The minimum atomic E-state index is -0.866. The number of carbonyl (C=O) groups excluding carboxylic acids is 2. The van der Waals surface area contributed by atoms with Gasteiger partial charge in [0.15, 0.2) is 0 Å². The number of pyridine rings is 1. The van der Waals surface area contributed by atoms with Crippen LogP contribution in [0.3, 0.4) is 0 Å². The second-order valence-corrected chi connectivity index (χ2v) is 6.36. The quantitative estimate of drug-likeness (QED) is 0.196. The first kappa shape index (κ1) is 19.9. The van der Waals surface area contributed by atoms with E-state index in [1.165, 1.54) is 24.5 Å². The predicted molar refractivity (Wildman–Crippen MR) is 104 cm³/mol. The van der Waals surface area contributed by atoms with Crippen molar-refractivity contribution in [2.24, 2.45) is 5.10 Å². The Kier molecular flexibility index (Phi) is 6.09. The molecule has 1 N–H and O–H groups in total. The number of esters is 1. The standard InChI is InChI=1S/C18H11BrN4O6/c19-13-7-12(9-20-10-13)17(24)22-21-8-11-1-3-14(4-2-11)28-18(25)15-5-6-16(29-15)23(26)27/h1-10H,(H,22,24)/b21-8+. The van der Waals surface area contributed by atoms with E-state index < -0.39 is 22.7 Å². The van der Waals surface area contributed by atoms with Crippen molar-refractivity contribution in [2.75, 3.05) is 0 Å².